The third-order valence-corrected chi connectivity index (χ3v) is 6.22. The van der Waals surface area contributed by atoms with Crippen LogP contribution in [0.5, 0.6) is 11.5 Å². The fraction of sp³-hybridized carbons (Fsp3) is 0.417. The number of carbonyl (C=O) groups excluding carboxylic acids is 1. The first-order chi connectivity index (χ1) is 15.7. The standard InChI is InChI=1S/C24H28N4O4.ClH/c29-18-5-7-20-22(15-18)32-26-24(20)28-12-10-27(11-13-28)9-1-2-14-31-19-6-3-17-4-8-23(30)25-21(17)16-19;/h3,5-7,15-16,29H,1-2,4,8-14H2,(H,25,30);1H. The molecule has 0 unspecified atom stereocenters. The van der Waals surface area contributed by atoms with Crippen molar-refractivity contribution >= 4 is 40.8 Å². The lowest BCUT2D eigenvalue weighted by atomic mass is 10.0. The Morgan fingerprint density at radius 3 is 2.76 bits per heavy atom. The van der Waals surface area contributed by atoms with Gasteiger partial charge in [0.15, 0.2) is 11.4 Å². The Morgan fingerprint density at radius 2 is 1.91 bits per heavy atom. The van der Waals surface area contributed by atoms with Crippen molar-refractivity contribution < 1.29 is 19.2 Å². The van der Waals surface area contributed by atoms with Gasteiger partial charge in [0, 0.05) is 50.4 Å². The highest BCUT2D eigenvalue weighted by Crippen LogP contribution is 2.29. The molecule has 2 aliphatic rings. The van der Waals surface area contributed by atoms with Crippen LogP contribution in [0.1, 0.15) is 24.8 Å². The highest BCUT2D eigenvalue weighted by Gasteiger charge is 2.21. The highest BCUT2D eigenvalue weighted by atomic mass is 35.5. The molecule has 1 amide bonds. The van der Waals surface area contributed by atoms with Crippen molar-refractivity contribution in [1.29, 1.82) is 0 Å². The van der Waals surface area contributed by atoms with E-state index < -0.39 is 0 Å². The Kier molecular flexibility index (Phi) is 7.25. The first-order valence-corrected chi connectivity index (χ1v) is 11.3. The molecule has 5 rings (SSSR count). The van der Waals surface area contributed by atoms with Gasteiger partial charge in [0.1, 0.15) is 11.5 Å². The molecule has 2 aromatic carbocycles. The van der Waals surface area contributed by atoms with Gasteiger partial charge in [-0.1, -0.05) is 11.2 Å². The van der Waals surface area contributed by atoms with Crippen molar-refractivity contribution in [3.05, 3.63) is 42.0 Å². The summed E-state index contributed by atoms with van der Waals surface area (Å²) in [4.78, 5) is 16.3. The zero-order valence-corrected chi connectivity index (χ0v) is 19.3. The molecule has 0 radical (unpaired) electrons. The lowest BCUT2D eigenvalue weighted by Crippen LogP contribution is -2.46. The molecular formula is C24H29ClN4O4. The molecule has 176 valence electrons. The average Bonchev–Trinajstić information content (AvgIpc) is 3.22. The fourth-order valence-corrected chi connectivity index (χ4v) is 4.39. The molecule has 2 N–H and O–H groups in total. The molecule has 1 fully saturated rings. The van der Waals surface area contributed by atoms with E-state index in [4.69, 9.17) is 9.26 Å². The number of aryl methyl sites for hydroxylation is 1. The second kappa shape index (κ2) is 10.3. The number of amides is 1. The van der Waals surface area contributed by atoms with E-state index in [2.05, 4.69) is 20.3 Å². The third kappa shape index (κ3) is 5.34. The zero-order valence-electron chi connectivity index (χ0n) is 18.5. The molecule has 1 aromatic heterocycles. The molecule has 3 aromatic rings. The number of carbonyl (C=O) groups is 1. The highest BCUT2D eigenvalue weighted by molar-refractivity contribution is 5.94. The lowest BCUT2D eigenvalue weighted by Gasteiger charge is -2.34. The number of hydrogen-bond acceptors (Lipinski definition) is 7. The van der Waals surface area contributed by atoms with E-state index in [1.54, 1.807) is 12.1 Å². The number of fused-ring (bicyclic) bond motifs is 2. The van der Waals surface area contributed by atoms with Gasteiger partial charge in [-0.05, 0) is 49.6 Å². The van der Waals surface area contributed by atoms with Crippen LogP contribution >= 0.6 is 12.4 Å². The van der Waals surface area contributed by atoms with E-state index in [9.17, 15) is 9.90 Å². The molecule has 0 aliphatic carbocycles. The summed E-state index contributed by atoms with van der Waals surface area (Å²) in [5.74, 6) is 1.93. The van der Waals surface area contributed by atoms with Crippen LogP contribution in [0.15, 0.2) is 40.9 Å². The lowest BCUT2D eigenvalue weighted by molar-refractivity contribution is -0.116. The summed E-state index contributed by atoms with van der Waals surface area (Å²) < 4.78 is 11.3. The summed E-state index contributed by atoms with van der Waals surface area (Å²) in [7, 11) is 0. The van der Waals surface area contributed by atoms with E-state index in [0.717, 1.165) is 74.6 Å². The Bertz CT molecular complexity index is 1110. The van der Waals surface area contributed by atoms with E-state index in [0.29, 0.717) is 18.6 Å². The number of unbranched alkanes of at least 4 members (excludes halogenated alkanes) is 1. The summed E-state index contributed by atoms with van der Waals surface area (Å²) in [5.41, 5.74) is 2.67. The van der Waals surface area contributed by atoms with Gasteiger partial charge in [-0.25, -0.2) is 0 Å². The van der Waals surface area contributed by atoms with Crippen LogP contribution in [0.4, 0.5) is 11.5 Å². The minimum atomic E-state index is 0. The molecule has 0 atom stereocenters. The summed E-state index contributed by atoms with van der Waals surface area (Å²) in [6.07, 6.45) is 3.42. The predicted octanol–water partition coefficient (Wildman–Crippen LogP) is 3.82. The molecule has 8 nitrogen and oxygen atoms in total. The maximum atomic E-state index is 11.6. The van der Waals surface area contributed by atoms with Crippen molar-refractivity contribution in [3.63, 3.8) is 0 Å². The Balaban J connectivity index is 0.00000259. The number of phenols is 1. The normalized spacial score (nSPS) is 16.2. The van der Waals surface area contributed by atoms with Crippen LogP contribution in [0, 0.1) is 0 Å². The number of hydrogen-bond donors (Lipinski definition) is 2. The Hall–Kier alpha value is -2.97. The van der Waals surface area contributed by atoms with E-state index >= 15 is 0 Å². The third-order valence-electron chi connectivity index (χ3n) is 6.22. The van der Waals surface area contributed by atoms with E-state index in [1.807, 2.05) is 24.3 Å². The van der Waals surface area contributed by atoms with Crippen LogP contribution in [-0.4, -0.2) is 60.4 Å². The van der Waals surface area contributed by atoms with Gasteiger partial charge in [0.05, 0.1) is 12.0 Å². The maximum absolute atomic E-state index is 11.6. The smallest absolute Gasteiger partial charge is 0.224 e. The van der Waals surface area contributed by atoms with Crippen LogP contribution in [-0.2, 0) is 11.2 Å². The SMILES string of the molecule is Cl.O=C1CCc2ccc(OCCCCN3CCN(c4noc5cc(O)ccc45)CC3)cc2N1. The maximum Gasteiger partial charge on any atom is 0.224 e. The van der Waals surface area contributed by atoms with Gasteiger partial charge in [0.25, 0.3) is 0 Å². The molecule has 33 heavy (non-hydrogen) atoms. The first-order valence-electron chi connectivity index (χ1n) is 11.3. The number of phenolic OH excluding ortho intramolecular Hbond substituents is 1. The molecule has 2 aliphatic heterocycles. The Morgan fingerprint density at radius 1 is 1.06 bits per heavy atom. The number of aromatic hydroxyl groups is 1. The largest absolute Gasteiger partial charge is 0.508 e. The number of nitrogens with zero attached hydrogens (tertiary/aromatic N) is 3. The number of aromatic nitrogens is 1. The van der Waals surface area contributed by atoms with Gasteiger partial charge < -0.3 is 24.6 Å². The van der Waals surface area contributed by atoms with Gasteiger partial charge in [-0.15, -0.1) is 12.4 Å². The number of piperazine rings is 1. The topological polar surface area (TPSA) is 91.1 Å². The molecule has 0 bridgehead atoms. The fourth-order valence-electron chi connectivity index (χ4n) is 4.39. The van der Waals surface area contributed by atoms with Gasteiger partial charge in [-0.2, -0.15) is 0 Å². The van der Waals surface area contributed by atoms with E-state index in [-0.39, 0.29) is 24.1 Å². The summed E-state index contributed by atoms with van der Waals surface area (Å²) in [6, 6.07) is 11.1. The van der Waals surface area contributed by atoms with Crippen molar-refractivity contribution in [3.8, 4) is 11.5 Å². The number of benzene rings is 2. The Labute approximate surface area is 198 Å². The number of anilines is 2. The molecule has 0 spiro atoms. The zero-order chi connectivity index (χ0) is 21.9. The van der Waals surface area contributed by atoms with Crippen LogP contribution < -0.4 is 15.0 Å². The van der Waals surface area contributed by atoms with Crippen molar-refractivity contribution in [2.75, 3.05) is 49.5 Å². The van der Waals surface area contributed by atoms with Gasteiger partial charge in [-0.3, -0.25) is 9.69 Å². The summed E-state index contributed by atoms with van der Waals surface area (Å²) in [5, 5.41) is 17.7. The predicted molar refractivity (Wildman–Crippen MR) is 130 cm³/mol. The number of halogens is 1. The second-order valence-corrected chi connectivity index (χ2v) is 8.44. The van der Waals surface area contributed by atoms with E-state index in [1.165, 1.54) is 5.56 Å². The number of rotatable bonds is 7. The molecule has 1 saturated heterocycles. The number of ether oxygens (including phenoxy) is 1. The summed E-state index contributed by atoms with van der Waals surface area (Å²) >= 11 is 0. The molecular weight excluding hydrogens is 444 g/mol. The van der Waals surface area contributed by atoms with Crippen LogP contribution in [0.2, 0.25) is 0 Å². The van der Waals surface area contributed by atoms with Crippen LogP contribution in [0.25, 0.3) is 11.0 Å². The van der Waals surface area contributed by atoms with Crippen LogP contribution in [0.3, 0.4) is 0 Å². The van der Waals surface area contributed by atoms with Gasteiger partial charge in [0.2, 0.25) is 5.91 Å². The van der Waals surface area contributed by atoms with Crippen molar-refractivity contribution in [2.45, 2.75) is 25.7 Å². The molecule has 0 saturated carbocycles. The van der Waals surface area contributed by atoms with Crippen molar-refractivity contribution in [1.82, 2.24) is 10.1 Å². The monoisotopic (exact) mass is 472 g/mol. The minimum absolute atomic E-state index is 0. The second-order valence-electron chi connectivity index (χ2n) is 8.44. The van der Waals surface area contributed by atoms with Gasteiger partial charge >= 0.3 is 0 Å². The molecule has 3 heterocycles. The molecule has 9 heteroatoms. The number of nitrogens with one attached hydrogen (secondary N) is 1. The van der Waals surface area contributed by atoms with Crippen molar-refractivity contribution in [2.24, 2.45) is 0 Å². The minimum Gasteiger partial charge on any atom is -0.508 e. The quantitative estimate of drug-likeness (QED) is 0.505. The average molecular weight is 473 g/mol. The summed E-state index contributed by atoms with van der Waals surface area (Å²) in [6.45, 7) is 5.49. The first kappa shape index (κ1) is 23.2.